The smallest absolute Gasteiger partial charge is 0.198 e. The standard InChI is InChI=1S/C49H49BN2/c1-29-23-36(45-44(24-29)52-43-18-11-10-15-38(43)49(6,7)39-16-12-17-41(50-45)46(39)52)35-26-31-25-30-13-8-9-14-33(30)34(31)28-42(35)51-32-19-20-37-40(27-32)48(4,5)22-21-47(37,2)3/h9-12,14-20,23-24,26-28,50-51H,8,13,21-22,25H2,1-7H3. The number of fused-ring (bicyclic) bond motifs is 7. The fraction of sp³-hybridized carbons (Fsp3) is 0.306. The van der Waals surface area contributed by atoms with E-state index in [0.717, 1.165) is 26.5 Å². The van der Waals surface area contributed by atoms with Crippen molar-refractivity contribution in [3.8, 4) is 11.1 Å². The van der Waals surface area contributed by atoms with Gasteiger partial charge in [-0.15, -0.1) is 0 Å². The summed E-state index contributed by atoms with van der Waals surface area (Å²) in [4.78, 5) is 2.60. The number of rotatable bonds is 3. The first-order valence-electron chi connectivity index (χ1n) is 19.5. The molecular formula is C49H49BN2. The highest BCUT2D eigenvalue weighted by molar-refractivity contribution is 6.73. The van der Waals surface area contributed by atoms with E-state index < -0.39 is 0 Å². The van der Waals surface area contributed by atoms with Crippen LogP contribution < -0.4 is 21.1 Å². The Morgan fingerprint density at radius 3 is 2.33 bits per heavy atom. The second kappa shape index (κ2) is 10.9. The number of hydrogen-bond donors (Lipinski definition) is 1. The molecule has 0 amide bonds. The predicted octanol–water partition coefficient (Wildman–Crippen LogP) is 11.2. The molecule has 0 atom stereocenters. The SMILES string of the molecule is Cc1cc(-c2cc3c(cc2Nc2ccc4c(c2)C(C)(C)CCC4(C)C)C2=C(CCC=C2)C3)c2c(c1)N1c3ccccc3C(C)(C)c3cccc(c31)B2. The summed E-state index contributed by atoms with van der Waals surface area (Å²) in [6, 6.07) is 33.2. The molecular weight excluding hydrogens is 627 g/mol. The maximum absolute atomic E-state index is 4.07. The van der Waals surface area contributed by atoms with Crippen LogP contribution in [0.1, 0.15) is 106 Å². The second-order valence-corrected chi connectivity index (χ2v) is 18.1. The molecule has 0 saturated heterocycles. The quantitative estimate of drug-likeness (QED) is 0.188. The van der Waals surface area contributed by atoms with Crippen molar-refractivity contribution in [1.82, 2.24) is 0 Å². The molecule has 0 saturated carbocycles. The zero-order valence-electron chi connectivity index (χ0n) is 31.9. The Morgan fingerprint density at radius 2 is 1.48 bits per heavy atom. The van der Waals surface area contributed by atoms with Gasteiger partial charge < -0.3 is 10.2 Å². The summed E-state index contributed by atoms with van der Waals surface area (Å²) in [6.07, 6.45) is 10.5. The number of anilines is 5. The van der Waals surface area contributed by atoms with Gasteiger partial charge in [0.05, 0.1) is 5.69 Å². The summed E-state index contributed by atoms with van der Waals surface area (Å²) in [5.41, 5.74) is 25.1. The van der Waals surface area contributed by atoms with E-state index in [2.05, 4.69) is 156 Å². The van der Waals surface area contributed by atoms with E-state index in [1.165, 1.54) is 108 Å². The maximum atomic E-state index is 4.07. The van der Waals surface area contributed by atoms with Crippen LogP contribution in [0.5, 0.6) is 0 Å². The average molecular weight is 677 g/mol. The normalized spacial score (nSPS) is 19.1. The van der Waals surface area contributed by atoms with Crippen molar-refractivity contribution in [2.24, 2.45) is 0 Å². The Labute approximate surface area is 310 Å². The lowest BCUT2D eigenvalue weighted by atomic mass is 9.56. The summed E-state index contributed by atoms with van der Waals surface area (Å²) in [6.45, 7) is 16.8. The lowest BCUT2D eigenvalue weighted by Gasteiger charge is -2.46. The van der Waals surface area contributed by atoms with Crippen LogP contribution in [0.25, 0.3) is 16.7 Å². The van der Waals surface area contributed by atoms with Crippen molar-refractivity contribution in [3.63, 3.8) is 0 Å². The van der Waals surface area contributed by atoms with Gasteiger partial charge in [-0.05, 0) is 142 Å². The largest absolute Gasteiger partial charge is 0.355 e. The molecule has 0 bridgehead atoms. The van der Waals surface area contributed by atoms with Crippen LogP contribution in [-0.2, 0) is 22.7 Å². The molecule has 258 valence electrons. The molecule has 10 rings (SSSR count). The first kappa shape index (κ1) is 31.9. The molecule has 52 heavy (non-hydrogen) atoms. The van der Waals surface area contributed by atoms with Crippen LogP contribution in [0.15, 0.2) is 103 Å². The van der Waals surface area contributed by atoms with Crippen LogP contribution in [-0.4, -0.2) is 7.28 Å². The molecule has 1 N–H and O–H groups in total. The maximum Gasteiger partial charge on any atom is 0.198 e. The Hall–Kier alpha value is -4.76. The summed E-state index contributed by atoms with van der Waals surface area (Å²) in [5.74, 6) is 0. The third-order valence-electron chi connectivity index (χ3n) is 13.5. The summed E-state index contributed by atoms with van der Waals surface area (Å²) in [5, 5.41) is 4.07. The van der Waals surface area contributed by atoms with Crippen molar-refractivity contribution in [2.45, 2.75) is 96.8 Å². The molecule has 2 heterocycles. The second-order valence-electron chi connectivity index (χ2n) is 18.1. The number of nitrogens with zero attached hydrogens (tertiary/aromatic N) is 1. The van der Waals surface area contributed by atoms with Gasteiger partial charge in [0, 0.05) is 33.7 Å². The van der Waals surface area contributed by atoms with E-state index in [9.17, 15) is 0 Å². The molecule has 2 nitrogen and oxygen atoms in total. The van der Waals surface area contributed by atoms with Crippen LogP contribution in [0.2, 0.25) is 0 Å². The van der Waals surface area contributed by atoms with E-state index >= 15 is 0 Å². The van der Waals surface area contributed by atoms with Crippen LogP contribution in [0.3, 0.4) is 0 Å². The lowest BCUT2D eigenvalue weighted by Crippen LogP contribution is -2.45. The number of allylic oxidation sites excluding steroid dienone is 4. The summed E-state index contributed by atoms with van der Waals surface area (Å²) in [7, 11) is 0.916. The van der Waals surface area contributed by atoms with E-state index in [-0.39, 0.29) is 16.2 Å². The van der Waals surface area contributed by atoms with Gasteiger partial charge in [-0.2, -0.15) is 0 Å². The first-order valence-corrected chi connectivity index (χ1v) is 19.5. The third kappa shape index (κ3) is 4.57. The van der Waals surface area contributed by atoms with Gasteiger partial charge in [-0.3, -0.25) is 0 Å². The molecule has 3 aliphatic carbocycles. The highest BCUT2D eigenvalue weighted by Gasteiger charge is 2.41. The van der Waals surface area contributed by atoms with E-state index in [1.54, 1.807) is 5.57 Å². The van der Waals surface area contributed by atoms with Gasteiger partial charge in [-0.1, -0.05) is 113 Å². The average Bonchev–Trinajstić information content (AvgIpc) is 3.49. The fourth-order valence-electron chi connectivity index (χ4n) is 10.4. The van der Waals surface area contributed by atoms with Crippen LogP contribution in [0.4, 0.5) is 28.4 Å². The highest BCUT2D eigenvalue weighted by Crippen LogP contribution is 2.53. The Balaban J connectivity index is 1.18. The highest BCUT2D eigenvalue weighted by atomic mass is 15.2. The van der Waals surface area contributed by atoms with Crippen molar-refractivity contribution in [3.05, 3.63) is 142 Å². The van der Waals surface area contributed by atoms with E-state index in [0.29, 0.717) is 0 Å². The molecule has 0 radical (unpaired) electrons. The number of aryl methyl sites for hydroxylation is 1. The molecule has 5 aromatic carbocycles. The number of para-hydroxylation sites is 2. The van der Waals surface area contributed by atoms with Gasteiger partial charge in [0.15, 0.2) is 7.28 Å². The molecule has 3 heteroatoms. The van der Waals surface area contributed by atoms with Gasteiger partial charge in [0.2, 0.25) is 0 Å². The Bertz CT molecular complexity index is 2440. The van der Waals surface area contributed by atoms with Crippen molar-refractivity contribution >= 4 is 52.2 Å². The number of hydrogen-bond acceptors (Lipinski definition) is 2. The van der Waals surface area contributed by atoms with Crippen LogP contribution >= 0.6 is 0 Å². The van der Waals surface area contributed by atoms with Gasteiger partial charge in [0.25, 0.3) is 0 Å². The van der Waals surface area contributed by atoms with Gasteiger partial charge in [-0.25, -0.2) is 0 Å². The molecule has 5 aliphatic rings. The van der Waals surface area contributed by atoms with E-state index in [4.69, 9.17) is 0 Å². The minimum Gasteiger partial charge on any atom is -0.355 e. The zero-order chi connectivity index (χ0) is 35.7. The Kier molecular flexibility index (Phi) is 6.69. The van der Waals surface area contributed by atoms with Crippen molar-refractivity contribution < 1.29 is 0 Å². The minimum atomic E-state index is -0.0706. The van der Waals surface area contributed by atoms with Gasteiger partial charge >= 0.3 is 0 Å². The monoisotopic (exact) mass is 676 g/mol. The third-order valence-corrected chi connectivity index (χ3v) is 13.5. The van der Waals surface area contributed by atoms with Crippen molar-refractivity contribution in [1.29, 1.82) is 0 Å². The molecule has 0 spiro atoms. The predicted molar refractivity (Wildman–Crippen MR) is 224 cm³/mol. The topological polar surface area (TPSA) is 15.3 Å². The number of nitrogens with one attached hydrogen (secondary N) is 1. The molecule has 0 fully saturated rings. The lowest BCUT2D eigenvalue weighted by molar-refractivity contribution is 0.332. The summed E-state index contributed by atoms with van der Waals surface area (Å²) < 4.78 is 0. The fourth-order valence-corrected chi connectivity index (χ4v) is 10.4. The molecule has 2 aliphatic heterocycles. The summed E-state index contributed by atoms with van der Waals surface area (Å²) >= 11 is 0. The number of benzene rings is 5. The molecule has 5 aromatic rings. The van der Waals surface area contributed by atoms with Crippen molar-refractivity contribution in [2.75, 3.05) is 10.2 Å². The molecule has 0 aromatic heterocycles. The molecule has 0 unspecified atom stereocenters. The minimum absolute atomic E-state index is 0.0706. The Morgan fingerprint density at radius 1 is 0.692 bits per heavy atom. The zero-order valence-corrected chi connectivity index (χ0v) is 31.9. The van der Waals surface area contributed by atoms with E-state index in [1.807, 2.05) is 0 Å². The van der Waals surface area contributed by atoms with Crippen LogP contribution in [0, 0.1) is 6.92 Å². The van der Waals surface area contributed by atoms with Gasteiger partial charge in [0.1, 0.15) is 0 Å². The first-order chi connectivity index (χ1) is 24.9.